The third kappa shape index (κ3) is 5.19. The number of nitrogens with zero attached hydrogens (tertiary/aromatic N) is 2. The second-order valence-electron chi connectivity index (χ2n) is 7.22. The number of hydrogen-bond donors (Lipinski definition) is 1. The van der Waals surface area contributed by atoms with Gasteiger partial charge < -0.3 is 10.6 Å². The van der Waals surface area contributed by atoms with E-state index in [0.717, 1.165) is 16.3 Å². The summed E-state index contributed by atoms with van der Waals surface area (Å²) in [7, 11) is 0. The van der Waals surface area contributed by atoms with Crippen molar-refractivity contribution >= 4 is 42.1 Å². The highest BCUT2D eigenvalue weighted by Gasteiger charge is 2.35. The van der Waals surface area contributed by atoms with Crippen molar-refractivity contribution in [3.8, 4) is 0 Å². The summed E-state index contributed by atoms with van der Waals surface area (Å²) in [6.45, 7) is 3.03. The molecule has 1 fully saturated rings. The number of likely N-dealkylation sites (tertiary alicyclic amines) is 1. The van der Waals surface area contributed by atoms with Crippen LogP contribution in [-0.4, -0.2) is 34.9 Å². The van der Waals surface area contributed by atoms with E-state index in [1.165, 1.54) is 29.0 Å². The molecule has 1 aliphatic heterocycles. The quantitative estimate of drug-likeness (QED) is 0.609. The molecule has 0 spiro atoms. The lowest BCUT2D eigenvalue weighted by Gasteiger charge is -2.16. The Kier molecular flexibility index (Phi) is 8.38. The van der Waals surface area contributed by atoms with Gasteiger partial charge in [-0.15, -0.1) is 36.2 Å². The van der Waals surface area contributed by atoms with Crippen LogP contribution >= 0.6 is 36.2 Å². The summed E-state index contributed by atoms with van der Waals surface area (Å²) in [5.41, 5.74) is 9.22. The third-order valence-electron chi connectivity index (χ3n) is 5.18. The van der Waals surface area contributed by atoms with Crippen LogP contribution in [-0.2, 0) is 6.42 Å². The highest BCUT2D eigenvalue weighted by molar-refractivity contribution is 7.13. The number of hydrogen-bond acceptors (Lipinski definition) is 4. The number of carbonyl (C=O) groups excluding carboxylic acids is 1. The molecule has 160 valence electrons. The molecular formula is C22H24Cl2FN3OS. The Balaban J connectivity index is 0.00000160. The van der Waals surface area contributed by atoms with E-state index in [1.54, 1.807) is 12.1 Å². The van der Waals surface area contributed by atoms with E-state index in [-0.39, 0.29) is 48.5 Å². The van der Waals surface area contributed by atoms with Crippen LogP contribution < -0.4 is 5.73 Å². The van der Waals surface area contributed by atoms with E-state index < -0.39 is 0 Å². The van der Waals surface area contributed by atoms with Crippen molar-refractivity contribution in [2.24, 2.45) is 5.73 Å². The van der Waals surface area contributed by atoms with Gasteiger partial charge in [0, 0.05) is 31.5 Å². The molecule has 4 nitrogen and oxygen atoms in total. The van der Waals surface area contributed by atoms with Crippen molar-refractivity contribution in [2.75, 3.05) is 13.1 Å². The lowest BCUT2D eigenvalue weighted by Crippen LogP contribution is -2.32. The van der Waals surface area contributed by atoms with E-state index in [1.807, 2.05) is 30.0 Å². The van der Waals surface area contributed by atoms with Gasteiger partial charge in [-0.1, -0.05) is 42.5 Å². The zero-order valence-electron chi connectivity index (χ0n) is 16.5. The average Bonchev–Trinajstić information content (AvgIpc) is 3.26. The molecule has 30 heavy (non-hydrogen) atoms. The Bertz CT molecular complexity index is 982. The van der Waals surface area contributed by atoms with Crippen molar-refractivity contribution in [1.29, 1.82) is 0 Å². The Hall–Kier alpha value is -1.99. The number of benzene rings is 2. The molecule has 0 aliphatic carbocycles. The van der Waals surface area contributed by atoms with E-state index in [4.69, 9.17) is 5.73 Å². The first-order chi connectivity index (χ1) is 13.5. The third-order valence-corrected chi connectivity index (χ3v) is 6.33. The monoisotopic (exact) mass is 467 g/mol. The summed E-state index contributed by atoms with van der Waals surface area (Å²) >= 11 is 1.41. The minimum absolute atomic E-state index is 0. The fourth-order valence-electron chi connectivity index (χ4n) is 3.69. The number of aryl methyl sites for hydroxylation is 1. The molecule has 0 bridgehead atoms. The first-order valence-corrected chi connectivity index (χ1v) is 10.1. The number of carbonyl (C=O) groups is 1. The number of aromatic nitrogens is 1. The fourth-order valence-corrected chi connectivity index (χ4v) is 4.76. The topological polar surface area (TPSA) is 59.2 Å². The maximum atomic E-state index is 13.1. The molecule has 1 aliphatic rings. The highest BCUT2D eigenvalue weighted by atomic mass is 35.5. The van der Waals surface area contributed by atoms with Crippen LogP contribution in [0.4, 0.5) is 4.39 Å². The van der Waals surface area contributed by atoms with E-state index >= 15 is 0 Å². The number of halogens is 3. The Morgan fingerprint density at radius 2 is 1.80 bits per heavy atom. The molecular weight excluding hydrogens is 444 g/mol. The zero-order valence-corrected chi connectivity index (χ0v) is 18.9. The number of rotatable bonds is 4. The van der Waals surface area contributed by atoms with Crippen LogP contribution in [0.2, 0.25) is 0 Å². The molecule has 1 aromatic heterocycles. The minimum Gasteiger partial charge on any atom is -0.336 e. The predicted molar refractivity (Wildman–Crippen MR) is 124 cm³/mol. The molecule has 3 aromatic rings. The maximum absolute atomic E-state index is 13.1. The van der Waals surface area contributed by atoms with Crippen LogP contribution in [0.3, 0.4) is 0 Å². The lowest BCUT2D eigenvalue weighted by atomic mass is 9.95. The number of amides is 1. The molecule has 1 amide bonds. The SMILES string of the molecule is Cc1nc(Cc2ccc(F)cc2)sc1C(=O)N1C[C@@H](N)[C@H](c2ccccc2)C1.Cl.Cl. The molecule has 8 heteroatoms. The normalized spacial score (nSPS) is 17.9. The Labute approximate surface area is 192 Å². The predicted octanol–water partition coefficient (Wildman–Crippen LogP) is 4.59. The molecule has 2 heterocycles. The number of nitrogens with two attached hydrogens (primary N) is 1. The van der Waals surface area contributed by atoms with Crippen molar-refractivity contribution < 1.29 is 9.18 Å². The van der Waals surface area contributed by atoms with Crippen LogP contribution in [0.25, 0.3) is 0 Å². The first kappa shape index (κ1) is 24.3. The highest BCUT2D eigenvalue weighted by Crippen LogP contribution is 2.29. The van der Waals surface area contributed by atoms with Gasteiger partial charge in [-0.3, -0.25) is 4.79 Å². The van der Waals surface area contributed by atoms with E-state index in [0.29, 0.717) is 24.4 Å². The lowest BCUT2D eigenvalue weighted by molar-refractivity contribution is 0.0793. The van der Waals surface area contributed by atoms with Crippen molar-refractivity contribution in [2.45, 2.75) is 25.3 Å². The fraction of sp³-hybridized carbons (Fsp3) is 0.273. The van der Waals surface area contributed by atoms with Crippen molar-refractivity contribution in [3.05, 3.63) is 87.1 Å². The van der Waals surface area contributed by atoms with E-state index in [9.17, 15) is 9.18 Å². The summed E-state index contributed by atoms with van der Waals surface area (Å²) in [4.78, 5) is 20.2. The van der Waals surface area contributed by atoms with Gasteiger partial charge in [0.05, 0.1) is 10.7 Å². The van der Waals surface area contributed by atoms with Crippen LogP contribution in [0.1, 0.15) is 37.4 Å². The molecule has 0 saturated carbocycles. The molecule has 2 atom stereocenters. The van der Waals surface area contributed by atoms with Crippen LogP contribution in [0.15, 0.2) is 54.6 Å². The van der Waals surface area contributed by atoms with Crippen molar-refractivity contribution in [1.82, 2.24) is 9.88 Å². The van der Waals surface area contributed by atoms with Crippen molar-refractivity contribution in [3.63, 3.8) is 0 Å². The molecule has 0 radical (unpaired) electrons. The molecule has 2 aromatic carbocycles. The van der Waals surface area contributed by atoms with Gasteiger partial charge >= 0.3 is 0 Å². The standard InChI is InChI=1S/C22H22FN3OS.2ClH/c1-14-21(28-20(25-14)11-15-7-9-17(23)10-8-15)22(27)26-12-18(19(24)13-26)16-5-3-2-4-6-16;;/h2-10,18-19H,11-13,24H2,1H3;2*1H/t18-,19+;;/m0../s1. The largest absolute Gasteiger partial charge is 0.336 e. The average molecular weight is 468 g/mol. The summed E-state index contributed by atoms with van der Waals surface area (Å²) < 4.78 is 13.1. The zero-order chi connectivity index (χ0) is 19.7. The molecule has 1 saturated heterocycles. The summed E-state index contributed by atoms with van der Waals surface area (Å²) in [6, 6.07) is 16.4. The summed E-state index contributed by atoms with van der Waals surface area (Å²) in [6.07, 6.45) is 0.589. The van der Waals surface area contributed by atoms with Gasteiger partial charge in [-0.2, -0.15) is 0 Å². The molecule has 4 rings (SSSR count). The van der Waals surface area contributed by atoms with Gasteiger partial charge in [0.25, 0.3) is 5.91 Å². The molecule has 0 unspecified atom stereocenters. The Morgan fingerprint density at radius 3 is 2.47 bits per heavy atom. The van der Waals surface area contributed by atoms with E-state index in [2.05, 4.69) is 17.1 Å². The summed E-state index contributed by atoms with van der Waals surface area (Å²) in [5.74, 6) is -0.112. The summed E-state index contributed by atoms with van der Waals surface area (Å²) in [5, 5.41) is 0.857. The minimum atomic E-state index is -0.256. The van der Waals surface area contributed by atoms with Gasteiger partial charge in [-0.25, -0.2) is 9.37 Å². The Morgan fingerprint density at radius 1 is 1.13 bits per heavy atom. The van der Waals surface area contributed by atoms with Gasteiger partial charge in [0.2, 0.25) is 0 Å². The molecule has 2 N–H and O–H groups in total. The number of thiazole rings is 1. The second-order valence-corrected chi connectivity index (χ2v) is 8.30. The van der Waals surface area contributed by atoms with Gasteiger partial charge in [-0.05, 0) is 30.2 Å². The van der Waals surface area contributed by atoms with Crippen LogP contribution in [0, 0.1) is 12.7 Å². The van der Waals surface area contributed by atoms with Gasteiger partial charge in [0.1, 0.15) is 10.7 Å². The van der Waals surface area contributed by atoms with Crippen LogP contribution in [0.5, 0.6) is 0 Å². The smallest absolute Gasteiger partial charge is 0.265 e. The van der Waals surface area contributed by atoms with Gasteiger partial charge in [0.15, 0.2) is 0 Å². The first-order valence-electron chi connectivity index (χ1n) is 9.32. The second kappa shape index (κ2) is 10.4. The maximum Gasteiger partial charge on any atom is 0.265 e.